The van der Waals surface area contributed by atoms with Crippen molar-refractivity contribution < 1.29 is 0 Å². The molecule has 0 unspecified atom stereocenters. The first-order valence-electron chi connectivity index (χ1n) is 5.69. The fraction of sp³-hybridized carbons (Fsp3) is 0. The van der Waals surface area contributed by atoms with Gasteiger partial charge in [0.25, 0.3) is 0 Å². The summed E-state index contributed by atoms with van der Waals surface area (Å²) in [5, 5.41) is 6.31. The Morgan fingerprint density at radius 1 is 0.833 bits per heavy atom. The van der Waals surface area contributed by atoms with E-state index >= 15 is 0 Å². The van der Waals surface area contributed by atoms with Crippen molar-refractivity contribution in [2.24, 2.45) is 0 Å². The zero-order chi connectivity index (χ0) is 12.4. The molecule has 0 atom stereocenters. The van der Waals surface area contributed by atoms with Gasteiger partial charge < -0.3 is 5.32 Å². The highest BCUT2D eigenvalue weighted by molar-refractivity contribution is 6.35. The largest absolute Gasteiger partial charge is 0.355 e. The van der Waals surface area contributed by atoms with E-state index in [1.54, 1.807) is 12.4 Å². The average Bonchev–Trinajstić information content (AvgIpc) is 2.41. The van der Waals surface area contributed by atoms with Crippen LogP contribution in [0, 0.1) is 0 Å². The molecule has 1 aromatic heterocycles. The highest BCUT2D eigenvalue weighted by Crippen LogP contribution is 2.30. The predicted octanol–water partition coefficient (Wildman–Crippen LogP) is 4.63. The van der Waals surface area contributed by atoms with Gasteiger partial charge in [-0.1, -0.05) is 35.9 Å². The number of hydrogen-bond acceptors (Lipinski definition) is 2. The molecule has 3 aromatic rings. The van der Waals surface area contributed by atoms with Gasteiger partial charge >= 0.3 is 0 Å². The SMILES string of the molecule is Clc1cccc2c(Nc3ccncc3)cccc12. The Labute approximate surface area is 110 Å². The van der Waals surface area contributed by atoms with E-state index in [1.807, 2.05) is 42.5 Å². The Balaban J connectivity index is 2.10. The molecule has 0 aliphatic rings. The number of nitrogens with one attached hydrogen (secondary N) is 1. The highest BCUT2D eigenvalue weighted by Gasteiger charge is 2.03. The lowest BCUT2D eigenvalue weighted by atomic mass is 10.1. The monoisotopic (exact) mass is 254 g/mol. The van der Waals surface area contributed by atoms with Gasteiger partial charge in [0.1, 0.15) is 0 Å². The van der Waals surface area contributed by atoms with Gasteiger partial charge in [-0.3, -0.25) is 4.98 Å². The molecular formula is C15H11ClN2. The van der Waals surface area contributed by atoms with Gasteiger partial charge in [0.15, 0.2) is 0 Å². The van der Waals surface area contributed by atoms with E-state index in [0.29, 0.717) is 0 Å². The molecule has 0 radical (unpaired) electrons. The molecule has 3 rings (SSSR count). The third kappa shape index (κ3) is 2.03. The molecule has 1 heterocycles. The highest BCUT2D eigenvalue weighted by atomic mass is 35.5. The molecule has 0 bridgehead atoms. The molecule has 0 spiro atoms. The maximum absolute atomic E-state index is 6.19. The van der Waals surface area contributed by atoms with Gasteiger partial charge in [-0.25, -0.2) is 0 Å². The summed E-state index contributed by atoms with van der Waals surface area (Å²) >= 11 is 6.19. The molecule has 0 fully saturated rings. The van der Waals surface area contributed by atoms with Crippen molar-refractivity contribution in [2.75, 3.05) is 5.32 Å². The van der Waals surface area contributed by atoms with Crippen LogP contribution in [0.25, 0.3) is 10.8 Å². The summed E-state index contributed by atoms with van der Waals surface area (Å²) in [4.78, 5) is 4.00. The Bertz CT molecular complexity index is 680. The first-order chi connectivity index (χ1) is 8.84. The number of anilines is 2. The van der Waals surface area contributed by atoms with Crippen LogP contribution in [0.2, 0.25) is 5.02 Å². The van der Waals surface area contributed by atoms with Gasteiger partial charge in [-0.15, -0.1) is 0 Å². The molecule has 1 N–H and O–H groups in total. The fourth-order valence-corrected chi connectivity index (χ4v) is 2.21. The normalized spacial score (nSPS) is 10.5. The van der Waals surface area contributed by atoms with Crippen LogP contribution < -0.4 is 5.32 Å². The number of aromatic nitrogens is 1. The number of fused-ring (bicyclic) bond motifs is 1. The van der Waals surface area contributed by atoms with E-state index in [9.17, 15) is 0 Å². The first kappa shape index (κ1) is 11.1. The fourth-order valence-electron chi connectivity index (χ4n) is 1.97. The van der Waals surface area contributed by atoms with Crippen molar-refractivity contribution in [3.63, 3.8) is 0 Å². The average molecular weight is 255 g/mol. The molecule has 3 heteroatoms. The van der Waals surface area contributed by atoms with Gasteiger partial charge in [0.05, 0.1) is 0 Å². The molecule has 18 heavy (non-hydrogen) atoms. The van der Waals surface area contributed by atoms with Crippen molar-refractivity contribution in [1.82, 2.24) is 4.98 Å². The Hall–Kier alpha value is -2.06. The van der Waals surface area contributed by atoms with E-state index in [-0.39, 0.29) is 0 Å². The molecule has 2 aromatic carbocycles. The van der Waals surface area contributed by atoms with Crippen LogP contribution in [0.5, 0.6) is 0 Å². The smallest absolute Gasteiger partial charge is 0.0485 e. The lowest BCUT2D eigenvalue weighted by Gasteiger charge is -2.10. The molecular weight excluding hydrogens is 244 g/mol. The number of nitrogens with zero attached hydrogens (tertiary/aromatic N) is 1. The van der Waals surface area contributed by atoms with Crippen LogP contribution in [0.15, 0.2) is 60.9 Å². The van der Waals surface area contributed by atoms with Gasteiger partial charge in [-0.05, 0) is 24.3 Å². The minimum atomic E-state index is 0.769. The lowest BCUT2D eigenvalue weighted by Crippen LogP contribution is -1.91. The molecule has 0 aliphatic carbocycles. The predicted molar refractivity (Wildman–Crippen MR) is 76.5 cm³/mol. The zero-order valence-corrected chi connectivity index (χ0v) is 10.4. The van der Waals surface area contributed by atoms with Gasteiger partial charge in [0.2, 0.25) is 0 Å². The van der Waals surface area contributed by atoms with E-state index in [2.05, 4.69) is 16.4 Å². The first-order valence-corrected chi connectivity index (χ1v) is 6.07. The number of benzene rings is 2. The molecule has 0 saturated carbocycles. The van der Waals surface area contributed by atoms with Crippen molar-refractivity contribution in [3.05, 3.63) is 65.9 Å². The standard InChI is InChI=1S/C15H11ClN2/c16-14-5-1-4-13-12(14)3-2-6-15(13)18-11-7-9-17-10-8-11/h1-10H,(H,17,18). The van der Waals surface area contributed by atoms with Crippen molar-refractivity contribution in [2.45, 2.75) is 0 Å². The summed E-state index contributed by atoms with van der Waals surface area (Å²) in [6, 6.07) is 15.9. The summed E-state index contributed by atoms with van der Waals surface area (Å²) in [6.07, 6.45) is 3.53. The van der Waals surface area contributed by atoms with Crippen molar-refractivity contribution in [1.29, 1.82) is 0 Å². The van der Waals surface area contributed by atoms with Gasteiger partial charge in [-0.2, -0.15) is 0 Å². The molecule has 2 nitrogen and oxygen atoms in total. The van der Waals surface area contributed by atoms with E-state index < -0.39 is 0 Å². The summed E-state index contributed by atoms with van der Waals surface area (Å²) in [5.41, 5.74) is 2.05. The second-order valence-corrected chi connectivity index (χ2v) is 4.41. The number of pyridine rings is 1. The summed E-state index contributed by atoms with van der Waals surface area (Å²) in [6.45, 7) is 0. The van der Waals surface area contributed by atoms with Crippen LogP contribution in [-0.2, 0) is 0 Å². The number of rotatable bonds is 2. The van der Waals surface area contributed by atoms with Crippen molar-refractivity contribution >= 4 is 33.7 Å². The third-order valence-corrected chi connectivity index (χ3v) is 3.16. The second-order valence-electron chi connectivity index (χ2n) is 4.00. The summed E-state index contributed by atoms with van der Waals surface area (Å²) in [5.74, 6) is 0. The Kier molecular flexibility index (Phi) is 2.87. The van der Waals surface area contributed by atoms with Crippen LogP contribution in [0.1, 0.15) is 0 Å². The number of hydrogen-bond donors (Lipinski definition) is 1. The topological polar surface area (TPSA) is 24.9 Å². The second kappa shape index (κ2) is 4.67. The molecule has 0 saturated heterocycles. The Morgan fingerprint density at radius 3 is 2.39 bits per heavy atom. The third-order valence-electron chi connectivity index (χ3n) is 2.83. The van der Waals surface area contributed by atoms with Crippen LogP contribution in [-0.4, -0.2) is 4.98 Å². The maximum atomic E-state index is 6.19. The molecule has 0 amide bonds. The lowest BCUT2D eigenvalue weighted by molar-refractivity contribution is 1.33. The summed E-state index contributed by atoms with van der Waals surface area (Å²) in [7, 11) is 0. The summed E-state index contributed by atoms with van der Waals surface area (Å²) < 4.78 is 0. The molecule has 0 aliphatic heterocycles. The quantitative estimate of drug-likeness (QED) is 0.721. The van der Waals surface area contributed by atoms with E-state index in [4.69, 9.17) is 11.6 Å². The van der Waals surface area contributed by atoms with Crippen molar-refractivity contribution in [3.8, 4) is 0 Å². The van der Waals surface area contributed by atoms with Gasteiger partial charge in [0, 0.05) is 39.6 Å². The minimum absolute atomic E-state index is 0.769. The van der Waals surface area contributed by atoms with E-state index in [1.165, 1.54) is 0 Å². The maximum Gasteiger partial charge on any atom is 0.0485 e. The van der Waals surface area contributed by atoms with Crippen LogP contribution >= 0.6 is 11.6 Å². The minimum Gasteiger partial charge on any atom is -0.355 e. The molecule has 88 valence electrons. The van der Waals surface area contributed by atoms with Crippen LogP contribution in [0.4, 0.5) is 11.4 Å². The van der Waals surface area contributed by atoms with E-state index in [0.717, 1.165) is 27.2 Å². The van der Waals surface area contributed by atoms with Crippen LogP contribution in [0.3, 0.4) is 0 Å². The number of halogens is 1. The zero-order valence-electron chi connectivity index (χ0n) is 9.60. The Morgan fingerprint density at radius 2 is 1.56 bits per heavy atom.